The Morgan fingerprint density at radius 2 is 1.49 bits per heavy atom. The fourth-order valence-electron chi connectivity index (χ4n) is 3.25. The molecule has 0 saturated carbocycles. The summed E-state index contributed by atoms with van der Waals surface area (Å²) in [5, 5.41) is 29.6. The van der Waals surface area contributed by atoms with Gasteiger partial charge < -0.3 is 30.4 Å². The van der Waals surface area contributed by atoms with Gasteiger partial charge in [-0.05, 0) is 48.9 Å². The maximum atomic E-state index is 13.2. The molecule has 0 heterocycles. The predicted octanol–water partition coefficient (Wildman–Crippen LogP) is 0.128. The number of hydroxylamine groups is 1. The van der Waals surface area contributed by atoms with Crippen molar-refractivity contribution in [1.29, 1.82) is 0 Å². The second-order valence-corrected chi connectivity index (χ2v) is 8.46. The van der Waals surface area contributed by atoms with E-state index in [0.29, 0.717) is 16.7 Å². The summed E-state index contributed by atoms with van der Waals surface area (Å²) < 4.78 is 0. The van der Waals surface area contributed by atoms with Gasteiger partial charge in [0.05, 0.1) is 19.4 Å². The Kier molecular flexibility index (Phi) is 10.7. The van der Waals surface area contributed by atoms with Crippen LogP contribution in [0.15, 0.2) is 48.5 Å². The minimum absolute atomic E-state index is 0.145. The average Bonchev–Trinajstić information content (AvgIpc) is 2.95. The number of carboxylic acid groups (broad SMARTS) is 1. The van der Waals surface area contributed by atoms with Crippen LogP contribution in [0.1, 0.15) is 52.9 Å². The van der Waals surface area contributed by atoms with Crippen LogP contribution in [0.4, 0.5) is 0 Å². The highest BCUT2D eigenvalue weighted by molar-refractivity contribution is 6.13. The first-order valence-electron chi connectivity index (χ1n) is 11.7. The lowest BCUT2D eigenvalue weighted by molar-refractivity contribution is -0.164. The van der Waals surface area contributed by atoms with Crippen LogP contribution in [0.2, 0.25) is 0 Å². The third-order valence-electron chi connectivity index (χ3n) is 5.84. The van der Waals surface area contributed by atoms with Gasteiger partial charge in [0.2, 0.25) is 5.54 Å². The van der Waals surface area contributed by atoms with Gasteiger partial charge in [0.15, 0.2) is 0 Å². The zero-order valence-corrected chi connectivity index (χ0v) is 21.6. The van der Waals surface area contributed by atoms with Crippen LogP contribution in [0.25, 0.3) is 0 Å². The van der Waals surface area contributed by atoms with Gasteiger partial charge >= 0.3 is 11.9 Å². The number of rotatable bonds is 9. The number of carboxylic acids is 1. The van der Waals surface area contributed by atoms with Crippen LogP contribution in [-0.2, 0) is 24.0 Å². The van der Waals surface area contributed by atoms with E-state index in [9.17, 15) is 29.1 Å². The van der Waals surface area contributed by atoms with Gasteiger partial charge in [-0.25, -0.2) is 4.79 Å². The Bertz CT molecular complexity index is 1280. The highest BCUT2D eigenvalue weighted by atomic mass is 16.7. The highest BCUT2D eigenvalue weighted by Gasteiger charge is 2.47. The second-order valence-electron chi connectivity index (χ2n) is 8.46. The summed E-state index contributed by atoms with van der Waals surface area (Å²) in [4.78, 5) is 66.3. The molecule has 5 N–H and O–H groups in total. The van der Waals surface area contributed by atoms with E-state index in [4.69, 9.17) is 10.2 Å². The SMILES string of the molecule is CNC(=O)[C@@](C)(C(=O)NOC(=O)CCC(=O)O)N(C)C(=O)c1ccc(C#Cc2ccc([C@H](O)CO)cc2)cc1. The molecule has 0 aliphatic carbocycles. The first kappa shape index (κ1) is 30.5. The van der Waals surface area contributed by atoms with E-state index in [-0.39, 0.29) is 12.2 Å². The summed E-state index contributed by atoms with van der Waals surface area (Å²) in [6.07, 6.45) is -1.99. The summed E-state index contributed by atoms with van der Waals surface area (Å²) in [6.45, 7) is 0.773. The molecule has 12 heteroatoms. The standard InChI is InChI=1S/C27H29N3O9/c1-27(25(37)28-2,26(38)29-39-23(35)15-14-22(33)34)30(3)24(36)20-12-8-18(9-13-20)5-4-17-6-10-19(11-7-17)21(32)16-31/h6-13,21,31-32H,14-16H2,1-3H3,(H,28,37)(H,29,38)(H,33,34)/t21-,27+/m1/s1. The molecule has 3 amide bonds. The molecule has 2 aromatic carbocycles. The number of carbonyl (C=O) groups is 5. The lowest BCUT2D eigenvalue weighted by atomic mass is 9.96. The maximum Gasteiger partial charge on any atom is 0.332 e. The molecule has 0 saturated heterocycles. The van der Waals surface area contributed by atoms with Crippen molar-refractivity contribution < 1.29 is 44.1 Å². The molecule has 2 rings (SSSR count). The first-order chi connectivity index (χ1) is 18.4. The normalized spacial score (nSPS) is 12.5. The summed E-state index contributed by atoms with van der Waals surface area (Å²) in [7, 11) is 2.50. The minimum Gasteiger partial charge on any atom is -0.481 e. The number of likely N-dealkylation sites (N-methyl/N-ethyl adjacent to an activating group) is 2. The largest absolute Gasteiger partial charge is 0.481 e. The minimum atomic E-state index is -2.13. The van der Waals surface area contributed by atoms with E-state index >= 15 is 0 Å². The number of aliphatic hydroxyl groups is 2. The van der Waals surface area contributed by atoms with E-state index < -0.39 is 54.1 Å². The van der Waals surface area contributed by atoms with E-state index in [1.54, 1.807) is 36.4 Å². The third kappa shape index (κ3) is 7.88. The summed E-state index contributed by atoms with van der Waals surface area (Å²) in [5.41, 5.74) is 1.64. The van der Waals surface area contributed by atoms with E-state index in [1.807, 2.05) is 5.48 Å². The van der Waals surface area contributed by atoms with Crippen molar-refractivity contribution >= 4 is 29.7 Å². The lowest BCUT2D eigenvalue weighted by Crippen LogP contribution is -2.65. The van der Waals surface area contributed by atoms with E-state index in [1.165, 1.54) is 26.2 Å². The van der Waals surface area contributed by atoms with Crippen LogP contribution >= 0.6 is 0 Å². The van der Waals surface area contributed by atoms with Crippen LogP contribution in [0.5, 0.6) is 0 Å². The van der Waals surface area contributed by atoms with Crippen molar-refractivity contribution in [3.8, 4) is 11.8 Å². The monoisotopic (exact) mass is 539 g/mol. The van der Waals surface area contributed by atoms with Gasteiger partial charge in [0, 0.05) is 30.8 Å². The molecular weight excluding hydrogens is 510 g/mol. The molecular formula is C27H29N3O9. The highest BCUT2D eigenvalue weighted by Crippen LogP contribution is 2.19. The van der Waals surface area contributed by atoms with Crippen LogP contribution < -0.4 is 10.8 Å². The van der Waals surface area contributed by atoms with E-state index in [0.717, 1.165) is 11.8 Å². The Morgan fingerprint density at radius 1 is 0.949 bits per heavy atom. The molecule has 0 spiro atoms. The second kappa shape index (κ2) is 13.7. The number of nitrogens with zero attached hydrogens (tertiary/aromatic N) is 1. The topological polar surface area (TPSA) is 183 Å². The van der Waals surface area contributed by atoms with Crippen molar-refractivity contribution in [2.24, 2.45) is 0 Å². The number of hydrogen-bond acceptors (Lipinski definition) is 8. The first-order valence-corrected chi connectivity index (χ1v) is 11.7. The summed E-state index contributed by atoms with van der Waals surface area (Å²) >= 11 is 0. The Balaban J connectivity index is 2.15. The molecule has 0 aromatic heterocycles. The molecule has 0 fully saturated rings. The average molecular weight is 540 g/mol. The molecule has 12 nitrogen and oxygen atoms in total. The summed E-state index contributed by atoms with van der Waals surface area (Å²) in [5.74, 6) is 0.945. The third-order valence-corrected chi connectivity index (χ3v) is 5.84. The Morgan fingerprint density at radius 3 is 1.97 bits per heavy atom. The van der Waals surface area contributed by atoms with Crippen molar-refractivity contribution in [3.63, 3.8) is 0 Å². The van der Waals surface area contributed by atoms with Crippen molar-refractivity contribution in [2.45, 2.75) is 31.4 Å². The molecule has 0 aliphatic heterocycles. The zero-order chi connectivity index (χ0) is 29.2. The van der Waals surface area contributed by atoms with Crippen LogP contribution in [0, 0.1) is 11.8 Å². The number of benzene rings is 2. The molecule has 0 unspecified atom stereocenters. The Labute approximate surface area is 224 Å². The van der Waals surface area contributed by atoms with Gasteiger partial charge in [-0.15, -0.1) is 0 Å². The number of aliphatic carboxylic acids is 1. The maximum absolute atomic E-state index is 13.2. The van der Waals surface area contributed by atoms with Crippen molar-refractivity contribution in [3.05, 3.63) is 70.8 Å². The quantitative estimate of drug-likeness (QED) is 0.168. The van der Waals surface area contributed by atoms with Gasteiger partial charge in [-0.2, -0.15) is 5.48 Å². The molecule has 2 aromatic rings. The summed E-state index contributed by atoms with van der Waals surface area (Å²) in [6, 6.07) is 12.8. The van der Waals surface area contributed by atoms with Gasteiger partial charge in [-0.3, -0.25) is 19.2 Å². The fourth-order valence-corrected chi connectivity index (χ4v) is 3.25. The molecule has 0 aliphatic rings. The lowest BCUT2D eigenvalue weighted by Gasteiger charge is -2.35. The number of carbonyl (C=O) groups excluding carboxylic acids is 4. The van der Waals surface area contributed by atoms with Crippen molar-refractivity contribution in [2.75, 3.05) is 20.7 Å². The zero-order valence-electron chi connectivity index (χ0n) is 21.6. The van der Waals surface area contributed by atoms with Gasteiger partial charge in [0.1, 0.15) is 6.10 Å². The molecule has 39 heavy (non-hydrogen) atoms. The van der Waals surface area contributed by atoms with E-state index in [2.05, 4.69) is 22.0 Å². The molecule has 0 radical (unpaired) electrons. The van der Waals surface area contributed by atoms with Crippen molar-refractivity contribution in [1.82, 2.24) is 15.7 Å². The van der Waals surface area contributed by atoms with Gasteiger partial charge in [0.25, 0.3) is 17.7 Å². The smallest absolute Gasteiger partial charge is 0.332 e. The predicted molar refractivity (Wildman–Crippen MR) is 137 cm³/mol. The number of hydrogen-bond donors (Lipinski definition) is 5. The fraction of sp³-hybridized carbons (Fsp3) is 0.296. The Hall–Kier alpha value is -4.73. The number of nitrogens with one attached hydrogen (secondary N) is 2. The number of aliphatic hydroxyl groups excluding tert-OH is 2. The molecule has 2 atom stereocenters. The van der Waals surface area contributed by atoms with Crippen LogP contribution in [0.3, 0.4) is 0 Å². The van der Waals surface area contributed by atoms with Crippen LogP contribution in [-0.4, -0.2) is 76.1 Å². The molecule has 206 valence electrons. The van der Waals surface area contributed by atoms with Gasteiger partial charge in [-0.1, -0.05) is 24.0 Å². The molecule has 0 bridgehead atoms. The number of amides is 3.